The van der Waals surface area contributed by atoms with Crippen molar-refractivity contribution in [1.82, 2.24) is 0 Å². The van der Waals surface area contributed by atoms with Gasteiger partial charge in [-0.15, -0.1) is 0 Å². The Bertz CT molecular complexity index is 873. The lowest BCUT2D eigenvalue weighted by Gasteiger charge is -2.18. The number of unbranched alkanes of at least 4 members (excludes halogenated alkanes) is 21. The Labute approximate surface area is 322 Å². The molecule has 0 bridgehead atoms. The standard InChI is InChI=1S/C47H84O5/c1-4-7-10-13-15-17-19-21-23-24-25-26-28-30-32-35-37-40-46(48)51-44-45(52-47(49)41-38-34-12-9-6-3)43-50-42-39-36-33-31-29-27-22-20-18-16-14-11-8-5-2/h8,11,16,18,21-23,27,45H,4-7,9-10,12-15,17,19-20,24-26,28-44H2,1-3H3/b11-8-,18-16-,23-21-,27-22-. The molecule has 0 aromatic carbocycles. The van der Waals surface area contributed by atoms with Gasteiger partial charge in [-0.05, 0) is 77.0 Å². The minimum Gasteiger partial charge on any atom is -0.462 e. The number of carbonyl (C=O) groups excluding carboxylic acids is 2. The van der Waals surface area contributed by atoms with Gasteiger partial charge in [0, 0.05) is 19.4 Å². The van der Waals surface area contributed by atoms with Crippen LogP contribution in [0.25, 0.3) is 0 Å². The van der Waals surface area contributed by atoms with Crippen LogP contribution < -0.4 is 0 Å². The topological polar surface area (TPSA) is 61.8 Å². The molecule has 0 aliphatic heterocycles. The van der Waals surface area contributed by atoms with Crippen LogP contribution in [0.2, 0.25) is 0 Å². The van der Waals surface area contributed by atoms with Gasteiger partial charge in [0.15, 0.2) is 6.10 Å². The lowest BCUT2D eigenvalue weighted by Crippen LogP contribution is -2.30. The molecule has 0 saturated heterocycles. The lowest BCUT2D eigenvalue weighted by atomic mass is 10.1. The molecule has 0 rings (SSSR count). The maximum absolute atomic E-state index is 12.5. The van der Waals surface area contributed by atoms with E-state index >= 15 is 0 Å². The average Bonchev–Trinajstić information content (AvgIpc) is 3.14. The summed E-state index contributed by atoms with van der Waals surface area (Å²) in [5.41, 5.74) is 0. The highest BCUT2D eigenvalue weighted by molar-refractivity contribution is 5.70. The predicted molar refractivity (Wildman–Crippen MR) is 224 cm³/mol. The molecule has 0 aromatic rings. The molecule has 0 aromatic heterocycles. The molecule has 0 amide bonds. The van der Waals surface area contributed by atoms with Crippen LogP contribution in [0.5, 0.6) is 0 Å². The van der Waals surface area contributed by atoms with Crippen molar-refractivity contribution in [3.8, 4) is 0 Å². The number of hydrogen-bond acceptors (Lipinski definition) is 5. The molecule has 0 fully saturated rings. The van der Waals surface area contributed by atoms with Crippen molar-refractivity contribution < 1.29 is 23.8 Å². The number of ether oxygens (including phenoxy) is 3. The molecule has 0 aliphatic carbocycles. The maximum Gasteiger partial charge on any atom is 0.306 e. The normalized spacial score (nSPS) is 12.6. The Morgan fingerprint density at radius 3 is 1.40 bits per heavy atom. The molecule has 0 heterocycles. The van der Waals surface area contributed by atoms with Crippen LogP contribution in [0, 0.1) is 0 Å². The zero-order chi connectivity index (χ0) is 37.8. The molecule has 0 N–H and O–H groups in total. The van der Waals surface area contributed by atoms with E-state index in [2.05, 4.69) is 69.4 Å². The fourth-order valence-corrected chi connectivity index (χ4v) is 6.05. The van der Waals surface area contributed by atoms with Crippen LogP contribution in [0.1, 0.15) is 213 Å². The highest BCUT2D eigenvalue weighted by Crippen LogP contribution is 2.13. The fourth-order valence-electron chi connectivity index (χ4n) is 6.05. The minimum absolute atomic E-state index is 0.0742. The van der Waals surface area contributed by atoms with E-state index in [9.17, 15) is 9.59 Å². The van der Waals surface area contributed by atoms with Gasteiger partial charge >= 0.3 is 11.9 Å². The van der Waals surface area contributed by atoms with Gasteiger partial charge in [0.2, 0.25) is 0 Å². The quantitative estimate of drug-likeness (QED) is 0.0357. The summed E-state index contributed by atoms with van der Waals surface area (Å²) in [6.45, 7) is 7.59. The van der Waals surface area contributed by atoms with E-state index in [0.717, 1.165) is 70.6 Å². The van der Waals surface area contributed by atoms with Gasteiger partial charge in [0.05, 0.1) is 6.61 Å². The van der Waals surface area contributed by atoms with E-state index in [-0.39, 0.29) is 25.2 Å². The number of esters is 2. The van der Waals surface area contributed by atoms with Gasteiger partial charge in [-0.3, -0.25) is 9.59 Å². The minimum atomic E-state index is -0.542. The SMILES string of the molecule is CC/C=C\C/C=C\C/C=C\CCCCCCOCC(COC(=O)CCCCCCCCC/C=C\CCCCCCCC)OC(=O)CCCCCCC. The summed E-state index contributed by atoms with van der Waals surface area (Å²) in [5, 5.41) is 0. The molecule has 302 valence electrons. The van der Waals surface area contributed by atoms with Crippen molar-refractivity contribution in [2.75, 3.05) is 19.8 Å². The Kier molecular flexibility index (Phi) is 41.5. The molecule has 0 aliphatic rings. The Morgan fingerprint density at radius 2 is 0.865 bits per heavy atom. The van der Waals surface area contributed by atoms with Crippen LogP contribution in [-0.2, 0) is 23.8 Å². The van der Waals surface area contributed by atoms with E-state index in [1.807, 2.05) is 0 Å². The smallest absolute Gasteiger partial charge is 0.306 e. The van der Waals surface area contributed by atoms with Crippen molar-refractivity contribution in [1.29, 1.82) is 0 Å². The van der Waals surface area contributed by atoms with Gasteiger partial charge in [-0.25, -0.2) is 0 Å². The first kappa shape index (κ1) is 49.9. The molecule has 5 nitrogen and oxygen atoms in total. The molecule has 1 atom stereocenters. The molecule has 0 radical (unpaired) electrons. The Balaban J connectivity index is 4.09. The van der Waals surface area contributed by atoms with E-state index in [1.165, 1.54) is 109 Å². The second kappa shape index (κ2) is 43.3. The first-order valence-corrected chi connectivity index (χ1v) is 22.2. The first-order valence-electron chi connectivity index (χ1n) is 22.2. The van der Waals surface area contributed by atoms with Gasteiger partial charge < -0.3 is 14.2 Å². The summed E-state index contributed by atoms with van der Waals surface area (Å²) in [6.07, 6.45) is 51.4. The second-order valence-corrected chi connectivity index (χ2v) is 14.6. The summed E-state index contributed by atoms with van der Waals surface area (Å²) in [6, 6.07) is 0. The van der Waals surface area contributed by atoms with Crippen molar-refractivity contribution >= 4 is 11.9 Å². The van der Waals surface area contributed by atoms with Crippen molar-refractivity contribution in [2.24, 2.45) is 0 Å². The van der Waals surface area contributed by atoms with Gasteiger partial charge in [0.1, 0.15) is 6.61 Å². The summed E-state index contributed by atoms with van der Waals surface area (Å²) >= 11 is 0. The van der Waals surface area contributed by atoms with E-state index in [1.54, 1.807) is 0 Å². The third kappa shape index (κ3) is 40.6. The Hall–Kier alpha value is -2.14. The lowest BCUT2D eigenvalue weighted by molar-refractivity contribution is -0.163. The van der Waals surface area contributed by atoms with E-state index in [4.69, 9.17) is 14.2 Å². The number of hydrogen-bond donors (Lipinski definition) is 0. The van der Waals surface area contributed by atoms with Crippen LogP contribution in [0.4, 0.5) is 0 Å². The Morgan fingerprint density at radius 1 is 0.442 bits per heavy atom. The predicted octanol–water partition coefficient (Wildman–Crippen LogP) is 14.4. The number of allylic oxidation sites excluding steroid dienone is 8. The third-order valence-electron chi connectivity index (χ3n) is 9.35. The van der Waals surface area contributed by atoms with Gasteiger partial charge in [-0.2, -0.15) is 0 Å². The van der Waals surface area contributed by atoms with Crippen LogP contribution >= 0.6 is 0 Å². The third-order valence-corrected chi connectivity index (χ3v) is 9.35. The van der Waals surface area contributed by atoms with Crippen LogP contribution in [0.15, 0.2) is 48.6 Å². The van der Waals surface area contributed by atoms with Crippen molar-refractivity contribution in [2.45, 2.75) is 219 Å². The van der Waals surface area contributed by atoms with E-state index in [0.29, 0.717) is 19.4 Å². The highest BCUT2D eigenvalue weighted by Gasteiger charge is 2.17. The molecule has 1 unspecified atom stereocenters. The molecule has 0 spiro atoms. The molecular formula is C47H84O5. The van der Waals surface area contributed by atoms with E-state index < -0.39 is 6.10 Å². The number of carbonyl (C=O) groups is 2. The first-order chi connectivity index (χ1) is 25.6. The second-order valence-electron chi connectivity index (χ2n) is 14.6. The van der Waals surface area contributed by atoms with Gasteiger partial charge in [-0.1, -0.05) is 172 Å². The molecule has 52 heavy (non-hydrogen) atoms. The summed E-state index contributed by atoms with van der Waals surface area (Å²) in [5.74, 6) is -0.426. The monoisotopic (exact) mass is 729 g/mol. The van der Waals surface area contributed by atoms with Crippen molar-refractivity contribution in [3.05, 3.63) is 48.6 Å². The van der Waals surface area contributed by atoms with Crippen molar-refractivity contribution in [3.63, 3.8) is 0 Å². The van der Waals surface area contributed by atoms with Crippen LogP contribution in [-0.4, -0.2) is 37.9 Å². The largest absolute Gasteiger partial charge is 0.462 e. The maximum atomic E-state index is 12.5. The number of rotatable bonds is 40. The summed E-state index contributed by atoms with van der Waals surface area (Å²) in [4.78, 5) is 25.0. The summed E-state index contributed by atoms with van der Waals surface area (Å²) in [7, 11) is 0. The van der Waals surface area contributed by atoms with Crippen LogP contribution in [0.3, 0.4) is 0 Å². The molecule has 5 heteroatoms. The molecule has 0 saturated carbocycles. The molecular weight excluding hydrogens is 645 g/mol. The fraction of sp³-hybridized carbons (Fsp3) is 0.787. The van der Waals surface area contributed by atoms with Gasteiger partial charge in [0.25, 0.3) is 0 Å². The average molecular weight is 729 g/mol. The zero-order valence-corrected chi connectivity index (χ0v) is 34.6. The summed E-state index contributed by atoms with van der Waals surface area (Å²) < 4.78 is 17.2. The zero-order valence-electron chi connectivity index (χ0n) is 34.6. The highest BCUT2D eigenvalue weighted by atomic mass is 16.6.